The van der Waals surface area contributed by atoms with Gasteiger partial charge in [-0.15, -0.1) is 0 Å². The van der Waals surface area contributed by atoms with Crippen molar-refractivity contribution in [3.8, 4) is 0 Å². The minimum Gasteiger partial charge on any atom is -0.375 e. The molecule has 0 saturated heterocycles. The zero-order valence-electron chi connectivity index (χ0n) is 8.19. The van der Waals surface area contributed by atoms with E-state index in [-0.39, 0.29) is 0 Å². The number of hydrogen-bond donors (Lipinski definition) is 1. The van der Waals surface area contributed by atoms with Gasteiger partial charge in [0, 0.05) is 5.69 Å². The van der Waals surface area contributed by atoms with Crippen molar-refractivity contribution in [1.29, 1.82) is 0 Å². The first-order valence-corrected chi connectivity index (χ1v) is 5.10. The van der Waals surface area contributed by atoms with Crippen molar-refractivity contribution in [2.75, 3.05) is 5.32 Å². The van der Waals surface area contributed by atoms with Crippen LogP contribution >= 0.6 is 0 Å². The summed E-state index contributed by atoms with van der Waals surface area (Å²) in [5.74, 6) is 0. The second-order valence-corrected chi connectivity index (χ2v) is 3.47. The minimum absolute atomic E-state index is 0.347. The fraction of sp³-hybridized carbons (Fsp3) is 0.231. The van der Waals surface area contributed by atoms with E-state index in [1.54, 1.807) is 0 Å². The molecule has 0 radical (unpaired) electrons. The highest BCUT2D eigenvalue weighted by molar-refractivity contribution is 5.45. The van der Waals surface area contributed by atoms with Crippen LogP contribution in [0.3, 0.4) is 0 Å². The summed E-state index contributed by atoms with van der Waals surface area (Å²) in [6.45, 7) is 0. The van der Waals surface area contributed by atoms with E-state index in [0.717, 1.165) is 12.8 Å². The number of anilines is 1. The van der Waals surface area contributed by atoms with E-state index in [1.165, 1.54) is 5.69 Å². The smallest absolute Gasteiger partial charge is 0.0628 e. The lowest BCUT2D eigenvalue weighted by atomic mass is 10.2. The molecule has 2 rings (SSSR count). The fourth-order valence-corrected chi connectivity index (χ4v) is 1.57. The van der Waals surface area contributed by atoms with Crippen molar-refractivity contribution in [2.45, 2.75) is 18.9 Å². The summed E-state index contributed by atoms with van der Waals surface area (Å²) in [4.78, 5) is 0. The van der Waals surface area contributed by atoms with Gasteiger partial charge in [0.15, 0.2) is 0 Å². The molecule has 0 aromatic heterocycles. The first-order valence-electron chi connectivity index (χ1n) is 5.10. The Morgan fingerprint density at radius 2 is 1.57 bits per heavy atom. The Balaban J connectivity index is 2.03. The lowest BCUT2D eigenvalue weighted by Gasteiger charge is -2.11. The molecule has 0 fully saturated rings. The van der Waals surface area contributed by atoms with Gasteiger partial charge in [0.1, 0.15) is 0 Å². The number of nitrogens with one attached hydrogen (secondary N) is 1. The van der Waals surface area contributed by atoms with Crippen LogP contribution in [0.25, 0.3) is 0 Å². The number of rotatable bonds is 2. The molecule has 0 unspecified atom stereocenters. The standard InChI is InChI=1S/C13H15N/c1-2-5-9-12(8-4-1)14-13-10-6-3-7-11-13/h3-12,14H,1-2H2. The molecule has 1 aliphatic rings. The summed E-state index contributed by atoms with van der Waals surface area (Å²) in [6, 6.07) is 10.7. The maximum absolute atomic E-state index is 3.45. The molecular weight excluding hydrogens is 170 g/mol. The number of para-hydroxylation sites is 1. The molecule has 1 nitrogen and oxygen atoms in total. The van der Waals surface area contributed by atoms with Crippen molar-refractivity contribution in [1.82, 2.24) is 0 Å². The second kappa shape index (κ2) is 4.66. The molecular formula is C13H15N. The van der Waals surface area contributed by atoms with Crippen LogP contribution in [-0.4, -0.2) is 6.04 Å². The van der Waals surface area contributed by atoms with Crippen molar-refractivity contribution in [3.63, 3.8) is 0 Å². The van der Waals surface area contributed by atoms with Crippen LogP contribution in [0.2, 0.25) is 0 Å². The topological polar surface area (TPSA) is 12.0 Å². The van der Waals surface area contributed by atoms with E-state index in [2.05, 4.69) is 41.8 Å². The van der Waals surface area contributed by atoms with E-state index in [0.29, 0.717) is 6.04 Å². The highest BCUT2D eigenvalue weighted by Crippen LogP contribution is 2.11. The van der Waals surface area contributed by atoms with Gasteiger partial charge in [-0.1, -0.05) is 42.5 Å². The molecule has 1 aliphatic carbocycles. The van der Waals surface area contributed by atoms with Crippen LogP contribution in [0.5, 0.6) is 0 Å². The third-order valence-electron chi connectivity index (χ3n) is 2.29. The molecule has 0 amide bonds. The molecule has 1 aromatic carbocycles. The predicted molar refractivity (Wildman–Crippen MR) is 61.4 cm³/mol. The highest BCUT2D eigenvalue weighted by Gasteiger charge is 2.00. The Morgan fingerprint density at radius 1 is 0.929 bits per heavy atom. The predicted octanol–water partition coefficient (Wildman–Crippen LogP) is 3.37. The molecule has 1 heteroatoms. The maximum Gasteiger partial charge on any atom is 0.0628 e. The molecule has 0 heterocycles. The molecule has 0 atom stereocenters. The zero-order chi connectivity index (χ0) is 9.64. The van der Waals surface area contributed by atoms with Gasteiger partial charge in [-0.25, -0.2) is 0 Å². The normalized spacial score (nSPS) is 16.6. The lowest BCUT2D eigenvalue weighted by molar-refractivity contribution is 1.06. The summed E-state index contributed by atoms with van der Waals surface area (Å²) in [5, 5.41) is 3.45. The highest BCUT2D eigenvalue weighted by atomic mass is 14.9. The second-order valence-electron chi connectivity index (χ2n) is 3.47. The van der Waals surface area contributed by atoms with Crippen molar-refractivity contribution < 1.29 is 0 Å². The van der Waals surface area contributed by atoms with Crippen LogP contribution < -0.4 is 5.32 Å². The third-order valence-corrected chi connectivity index (χ3v) is 2.29. The Morgan fingerprint density at radius 3 is 2.21 bits per heavy atom. The Bertz CT molecular complexity index is 310. The summed E-state index contributed by atoms with van der Waals surface area (Å²) in [7, 11) is 0. The number of hydrogen-bond acceptors (Lipinski definition) is 1. The fourth-order valence-electron chi connectivity index (χ4n) is 1.57. The van der Waals surface area contributed by atoms with Gasteiger partial charge in [-0.2, -0.15) is 0 Å². The minimum atomic E-state index is 0.347. The Kier molecular flexibility index (Phi) is 3.02. The van der Waals surface area contributed by atoms with Gasteiger partial charge in [-0.05, 0) is 25.0 Å². The SMILES string of the molecule is C1=CC(Nc2ccccc2)C=CCC1. The first-order chi connectivity index (χ1) is 6.95. The van der Waals surface area contributed by atoms with Crippen molar-refractivity contribution in [2.24, 2.45) is 0 Å². The van der Waals surface area contributed by atoms with E-state index in [9.17, 15) is 0 Å². The van der Waals surface area contributed by atoms with Gasteiger partial charge < -0.3 is 5.32 Å². The summed E-state index contributed by atoms with van der Waals surface area (Å²) in [5.41, 5.74) is 1.17. The molecule has 1 aromatic rings. The van der Waals surface area contributed by atoms with Gasteiger partial charge in [0.05, 0.1) is 6.04 Å². The first kappa shape index (κ1) is 9.07. The van der Waals surface area contributed by atoms with E-state index in [4.69, 9.17) is 0 Å². The van der Waals surface area contributed by atoms with Crippen LogP contribution in [0, 0.1) is 0 Å². The molecule has 0 spiro atoms. The van der Waals surface area contributed by atoms with Crippen LogP contribution in [0.15, 0.2) is 54.6 Å². The zero-order valence-corrected chi connectivity index (χ0v) is 8.19. The lowest BCUT2D eigenvalue weighted by Crippen LogP contribution is -2.12. The van der Waals surface area contributed by atoms with Gasteiger partial charge in [-0.3, -0.25) is 0 Å². The maximum atomic E-state index is 3.45. The Labute approximate surface area is 85.2 Å². The van der Waals surface area contributed by atoms with Gasteiger partial charge in [0.25, 0.3) is 0 Å². The quantitative estimate of drug-likeness (QED) is 0.696. The number of allylic oxidation sites excluding steroid dienone is 2. The third kappa shape index (κ3) is 2.49. The van der Waals surface area contributed by atoms with Crippen LogP contribution in [0.1, 0.15) is 12.8 Å². The molecule has 72 valence electrons. The van der Waals surface area contributed by atoms with Gasteiger partial charge >= 0.3 is 0 Å². The van der Waals surface area contributed by atoms with E-state index >= 15 is 0 Å². The average Bonchev–Trinajstić information content (AvgIpc) is 2.48. The summed E-state index contributed by atoms with van der Waals surface area (Å²) >= 11 is 0. The molecule has 0 saturated carbocycles. The van der Waals surface area contributed by atoms with E-state index in [1.807, 2.05) is 18.2 Å². The van der Waals surface area contributed by atoms with Crippen LogP contribution in [-0.2, 0) is 0 Å². The van der Waals surface area contributed by atoms with Crippen molar-refractivity contribution >= 4 is 5.69 Å². The number of benzene rings is 1. The van der Waals surface area contributed by atoms with E-state index < -0.39 is 0 Å². The molecule has 14 heavy (non-hydrogen) atoms. The largest absolute Gasteiger partial charge is 0.375 e. The molecule has 0 aliphatic heterocycles. The molecule has 1 N–H and O–H groups in total. The molecule has 0 bridgehead atoms. The van der Waals surface area contributed by atoms with Crippen LogP contribution in [0.4, 0.5) is 5.69 Å². The van der Waals surface area contributed by atoms with Gasteiger partial charge in [0.2, 0.25) is 0 Å². The summed E-state index contributed by atoms with van der Waals surface area (Å²) in [6.07, 6.45) is 11.2. The monoisotopic (exact) mass is 185 g/mol. The van der Waals surface area contributed by atoms with Crippen molar-refractivity contribution in [3.05, 3.63) is 54.6 Å². The average molecular weight is 185 g/mol. The Hall–Kier alpha value is -1.50. The summed E-state index contributed by atoms with van der Waals surface area (Å²) < 4.78 is 0.